The third-order valence-corrected chi connectivity index (χ3v) is 4.60. The lowest BCUT2D eigenvalue weighted by atomic mass is 10.1. The molecule has 0 aliphatic rings. The van der Waals surface area contributed by atoms with E-state index in [1.54, 1.807) is 30.3 Å². The van der Waals surface area contributed by atoms with Crippen molar-refractivity contribution in [1.82, 2.24) is 24.7 Å². The lowest BCUT2D eigenvalue weighted by molar-refractivity contribution is -0.150. The highest BCUT2D eigenvalue weighted by molar-refractivity contribution is 6.22. The molecule has 2 N–H and O–H groups in total. The van der Waals surface area contributed by atoms with E-state index in [-0.39, 0.29) is 5.57 Å². The van der Waals surface area contributed by atoms with Crippen molar-refractivity contribution in [3.05, 3.63) is 71.9 Å². The first-order chi connectivity index (χ1) is 15.9. The monoisotopic (exact) mass is 478 g/mol. The standard InChI is InChI=1S/C21H12F6N6O/c22-20(23,24)16-6-12(7-17(31-16)21(25,26)27)19-30-10-33(32-19)9-14(18(28)34)13-5-11-3-1-2-4-15(11)29-8-13/h1-10H,(H2,28,34)/b14-9+. The van der Waals surface area contributed by atoms with Crippen LogP contribution in [-0.4, -0.2) is 30.6 Å². The first-order valence-electron chi connectivity index (χ1n) is 9.36. The number of nitrogens with two attached hydrogens (primary N) is 1. The van der Waals surface area contributed by atoms with Crippen molar-refractivity contribution in [2.45, 2.75) is 12.4 Å². The Kier molecular flexibility index (Phi) is 5.55. The molecule has 13 heteroatoms. The molecule has 0 aliphatic heterocycles. The molecule has 0 bridgehead atoms. The van der Waals surface area contributed by atoms with E-state index in [1.807, 2.05) is 0 Å². The smallest absolute Gasteiger partial charge is 0.366 e. The van der Waals surface area contributed by atoms with Crippen LogP contribution in [0.3, 0.4) is 0 Å². The fourth-order valence-electron chi connectivity index (χ4n) is 3.05. The fraction of sp³-hybridized carbons (Fsp3) is 0.0952. The maximum Gasteiger partial charge on any atom is 0.433 e. The summed E-state index contributed by atoms with van der Waals surface area (Å²) in [6.45, 7) is 0. The summed E-state index contributed by atoms with van der Waals surface area (Å²) in [6.07, 6.45) is -6.71. The van der Waals surface area contributed by atoms with Crippen LogP contribution in [0.25, 0.3) is 34.1 Å². The quantitative estimate of drug-likeness (QED) is 0.346. The van der Waals surface area contributed by atoms with Gasteiger partial charge in [-0.2, -0.15) is 26.3 Å². The first-order valence-corrected chi connectivity index (χ1v) is 9.36. The molecule has 7 nitrogen and oxygen atoms in total. The maximum absolute atomic E-state index is 13.1. The minimum Gasteiger partial charge on any atom is -0.366 e. The molecular weight excluding hydrogens is 466 g/mol. The van der Waals surface area contributed by atoms with Crippen molar-refractivity contribution in [3.63, 3.8) is 0 Å². The van der Waals surface area contributed by atoms with Crippen LogP contribution < -0.4 is 5.73 Å². The van der Waals surface area contributed by atoms with Gasteiger partial charge in [-0.3, -0.25) is 9.78 Å². The van der Waals surface area contributed by atoms with Crippen molar-refractivity contribution in [2.24, 2.45) is 5.73 Å². The number of pyridine rings is 2. The number of alkyl halides is 6. The normalized spacial score (nSPS) is 12.8. The number of benzene rings is 1. The largest absolute Gasteiger partial charge is 0.433 e. The van der Waals surface area contributed by atoms with Gasteiger partial charge < -0.3 is 5.73 Å². The molecule has 0 atom stereocenters. The molecule has 4 rings (SSSR count). The maximum atomic E-state index is 13.1. The summed E-state index contributed by atoms with van der Waals surface area (Å²) in [5.74, 6) is -1.31. The molecule has 4 aromatic rings. The Labute approximate surface area is 186 Å². The van der Waals surface area contributed by atoms with E-state index in [0.717, 1.165) is 17.2 Å². The summed E-state index contributed by atoms with van der Waals surface area (Å²) >= 11 is 0. The second-order valence-electron chi connectivity index (χ2n) is 6.99. The van der Waals surface area contributed by atoms with E-state index in [1.165, 1.54) is 6.20 Å². The second kappa shape index (κ2) is 8.24. The van der Waals surface area contributed by atoms with Crippen molar-refractivity contribution in [3.8, 4) is 11.4 Å². The number of hydrogen-bond donors (Lipinski definition) is 1. The van der Waals surface area contributed by atoms with Crippen LogP contribution in [0.1, 0.15) is 17.0 Å². The number of nitrogens with zero attached hydrogens (tertiary/aromatic N) is 5. The minimum atomic E-state index is -5.12. The number of carbonyl (C=O) groups excluding carboxylic acids is 1. The van der Waals surface area contributed by atoms with Crippen molar-refractivity contribution < 1.29 is 31.1 Å². The molecule has 3 aromatic heterocycles. The van der Waals surface area contributed by atoms with Crippen LogP contribution in [0.5, 0.6) is 0 Å². The number of carbonyl (C=O) groups is 1. The van der Waals surface area contributed by atoms with Gasteiger partial charge >= 0.3 is 12.4 Å². The van der Waals surface area contributed by atoms with Crippen LogP contribution in [0, 0.1) is 0 Å². The van der Waals surface area contributed by atoms with E-state index < -0.39 is 41.0 Å². The number of halogens is 6. The van der Waals surface area contributed by atoms with Crippen molar-refractivity contribution in [2.75, 3.05) is 0 Å². The topological polar surface area (TPSA) is 99.6 Å². The Morgan fingerprint density at radius 3 is 2.21 bits per heavy atom. The van der Waals surface area contributed by atoms with Crippen molar-refractivity contribution >= 4 is 28.6 Å². The SMILES string of the molecule is NC(=O)/C(=C/n1cnc(-c2cc(C(F)(F)F)nc(C(F)(F)F)c2)n1)c1cnc2ccccc2c1. The zero-order valence-corrected chi connectivity index (χ0v) is 16.8. The van der Waals surface area contributed by atoms with E-state index in [9.17, 15) is 31.1 Å². The molecule has 174 valence electrons. The summed E-state index contributed by atoms with van der Waals surface area (Å²) < 4.78 is 79.4. The fourth-order valence-corrected chi connectivity index (χ4v) is 3.05. The van der Waals surface area contributed by atoms with Crippen LogP contribution in [0.4, 0.5) is 26.3 Å². The number of aromatic nitrogens is 5. The number of primary amides is 1. The highest BCUT2D eigenvalue weighted by atomic mass is 19.4. The van der Waals surface area contributed by atoms with E-state index in [2.05, 4.69) is 20.1 Å². The molecule has 0 saturated heterocycles. The molecule has 1 aromatic carbocycles. The van der Waals surface area contributed by atoms with Crippen LogP contribution >= 0.6 is 0 Å². The summed E-state index contributed by atoms with van der Waals surface area (Å²) in [4.78, 5) is 22.7. The number of rotatable bonds is 4. The molecule has 1 amide bonds. The zero-order valence-electron chi connectivity index (χ0n) is 16.8. The summed E-state index contributed by atoms with van der Waals surface area (Å²) in [7, 11) is 0. The predicted molar refractivity (Wildman–Crippen MR) is 108 cm³/mol. The van der Waals surface area contributed by atoms with Crippen LogP contribution in [-0.2, 0) is 17.1 Å². The zero-order chi connectivity index (χ0) is 24.7. The molecule has 0 radical (unpaired) electrons. The highest BCUT2D eigenvalue weighted by Crippen LogP contribution is 2.35. The number of hydrogen-bond acceptors (Lipinski definition) is 5. The number of fused-ring (bicyclic) bond motifs is 1. The van der Waals surface area contributed by atoms with E-state index >= 15 is 0 Å². The lowest BCUT2D eigenvalue weighted by Gasteiger charge is -2.11. The van der Waals surface area contributed by atoms with Gasteiger partial charge in [-0.05, 0) is 24.3 Å². The van der Waals surface area contributed by atoms with Gasteiger partial charge in [0.05, 0.1) is 11.1 Å². The van der Waals surface area contributed by atoms with Gasteiger partial charge in [-0.15, -0.1) is 5.10 Å². The van der Waals surface area contributed by atoms with Gasteiger partial charge in [0.25, 0.3) is 5.91 Å². The van der Waals surface area contributed by atoms with Crippen molar-refractivity contribution in [1.29, 1.82) is 0 Å². The predicted octanol–water partition coefficient (Wildman–Crippen LogP) is 4.41. The third-order valence-electron chi connectivity index (χ3n) is 4.60. The highest BCUT2D eigenvalue weighted by Gasteiger charge is 2.39. The molecule has 0 aliphatic carbocycles. The minimum absolute atomic E-state index is 0.0589. The summed E-state index contributed by atoms with van der Waals surface area (Å²) in [5, 5.41) is 4.59. The molecule has 34 heavy (non-hydrogen) atoms. The Balaban J connectivity index is 1.76. The summed E-state index contributed by atoms with van der Waals surface area (Å²) in [5.41, 5.74) is 2.34. The average Bonchev–Trinajstić information content (AvgIpc) is 3.24. The number of amides is 1. The van der Waals surface area contributed by atoms with Gasteiger partial charge in [-0.1, -0.05) is 18.2 Å². The molecule has 0 fully saturated rings. The molecular formula is C21H12F6N6O. The van der Waals surface area contributed by atoms with Gasteiger partial charge in [0.15, 0.2) is 5.82 Å². The average molecular weight is 478 g/mol. The lowest BCUT2D eigenvalue weighted by Crippen LogP contribution is -2.15. The third kappa shape index (κ3) is 4.72. The Morgan fingerprint density at radius 1 is 0.941 bits per heavy atom. The van der Waals surface area contributed by atoms with Gasteiger partial charge in [0.1, 0.15) is 17.7 Å². The van der Waals surface area contributed by atoms with Gasteiger partial charge in [0, 0.05) is 28.9 Å². The van der Waals surface area contributed by atoms with E-state index in [0.29, 0.717) is 28.6 Å². The second-order valence-corrected chi connectivity index (χ2v) is 6.99. The van der Waals surface area contributed by atoms with E-state index in [4.69, 9.17) is 5.73 Å². The van der Waals surface area contributed by atoms with Crippen LogP contribution in [0.2, 0.25) is 0 Å². The molecule has 0 unspecified atom stereocenters. The number of para-hydroxylation sites is 1. The van der Waals surface area contributed by atoms with Crippen LogP contribution in [0.15, 0.2) is 55.0 Å². The Morgan fingerprint density at radius 2 is 1.59 bits per heavy atom. The molecule has 0 saturated carbocycles. The Hall–Kier alpha value is -4.29. The summed E-state index contributed by atoms with van der Waals surface area (Å²) in [6, 6.07) is 9.52. The van der Waals surface area contributed by atoms with Gasteiger partial charge in [-0.25, -0.2) is 14.6 Å². The molecule has 3 heterocycles. The van der Waals surface area contributed by atoms with Gasteiger partial charge in [0.2, 0.25) is 0 Å². The first kappa shape index (κ1) is 22.9. The molecule has 0 spiro atoms. The Bertz CT molecular complexity index is 1390.